The van der Waals surface area contributed by atoms with Gasteiger partial charge in [0.05, 0.1) is 36.9 Å². The molecule has 3 aromatic rings. The van der Waals surface area contributed by atoms with Gasteiger partial charge in [0.1, 0.15) is 12.1 Å². The molecule has 1 atom stereocenters. The smallest absolute Gasteiger partial charge is 0.407 e. The first-order chi connectivity index (χ1) is 22.1. The summed E-state index contributed by atoms with van der Waals surface area (Å²) in [5.74, 6) is -0.969. The van der Waals surface area contributed by atoms with Crippen molar-refractivity contribution < 1.29 is 28.7 Å². The second-order valence-corrected chi connectivity index (χ2v) is 12.4. The number of carbonyl (C=O) groups is 4. The van der Waals surface area contributed by atoms with Gasteiger partial charge in [0.25, 0.3) is 5.91 Å². The molecule has 0 aliphatic carbocycles. The van der Waals surface area contributed by atoms with Crippen LogP contribution in [0, 0.1) is 0 Å². The Morgan fingerprint density at radius 3 is 2.26 bits per heavy atom. The van der Waals surface area contributed by atoms with E-state index in [9.17, 15) is 19.2 Å². The number of anilines is 1. The van der Waals surface area contributed by atoms with E-state index in [1.165, 1.54) is 4.90 Å². The number of nitrogens with one attached hydrogen (secondary N) is 1. The van der Waals surface area contributed by atoms with E-state index in [1.807, 2.05) is 99.6 Å². The van der Waals surface area contributed by atoms with Crippen LogP contribution in [0.5, 0.6) is 0 Å². The summed E-state index contributed by atoms with van der Waals surface area (Å²) >= 11 is 0. The van der Waals surface area contributed by atoms with Crippen LogP contribution in [-0.4, -0.2) is 54.1 Å². The molecule has 1 aliphatic rings. The highest BCUT2D eigenvalue weighted by molar-refractivity contribution is 6.10. The number of aryl methyl sites for hydroxylation is 1. The van der Waals surface area contributed by atoms with Crippen LogP contribution in [0.1, 0.15) is 86.5 Å². The first-order valence-corrected chi connectivity index (χ1v) is 16.0. The third-order valence-corrected chi connectivity index (χ3v) is 7.67. The molecule has 0 spiro atoms. The van der Waals surface area contributed by atoms with Crippen LogP contribution in [0.2, 0.25) is 0 Å². The molecule has 0 bridgehead atoms. The van der Waals surface area contributed by atoms with Crippen LogP contribution < -0.4 is 10.2 Å². The summed E-state index contributed by atoms with van der Waals surface area (Å²) in [5, 5.41) is 2.79. The Labute approximate surface area is 271 Å². The molecule has 0 saturated heterocycles. The second-order valence-electron chi connectivity index (χ2n) is 12.4. The Bertz CT molecular complexity index is 1490. The number of esters is 1. The molecule has 4 rings (SSSR count). The maximum absolute atomic E-state index is 14.4. The van der Waals surface area contributed by atoms with Crippen molar-refractivity contribution in [3.8, 4) is 0 Å². The Kier molecular flexibility index (Phi) is 11.9. The zero-order chi connectivity index (χ0) is 33.1. The minimum absolute atomic E-state index is 0.0675. The molecule has 0 radical (unpaired) electrons. The van der Waals surface area contributed by atoms with Gasteiger partial charge in [0.2, 0.25) is 5.91 Å². The topological polar surface area (TPSA) is 105 Å². The fourth-order valence-corrected chi connectivity index (χ4v) is 5.52. The fraction of sp³-hybridized carbons (Fsp3) is 0.405. The molecule has 1 aliphatic heterocycles. The lowest BCUT2D eigenvalue weighted by atomic mass is 9.99. The van der Waals surface area contributed by atoms with E-state index < -0.39 is 23.7 Å². The van der Waals surface area contributed by atoms with Crippen LogP contribution in [-0.2, 0) is 32.0 Å². The van der Waals surface area contributed by atoms with Crippen molar-refractivity contribution >= 4 is 29.6 Å². The highest BCUT2D eigenvalue weighted by atomic mass is 16.6. The number of alkyl carbamates (subject to hydrolysis) is 1. The summed E-state index contributed by atoms with van der Waals surface area (Å²) in [4.78, 5) is 56.2. The van der Waals surface area contributed by atoms with E-state index in [4.69, 9.17) is 9.47 Å². The van der Waals surface area contributed by atoms with E-state index in [0.717, 1.165) is 42.4 Å². The minimum atomic E-state index is -0.678. The summed E-state index contributed by atoms with van der Waals surface area (Å²) in [6.45, 7) is 8.10. The van der Waals surface area contributed by atoms with Crippen molar-refractivity contribution in [1.29, 1.82) is 0 Å². The number of hydrogen-bond acceptors (Lipinski definition) is 6. The number of nitrogens with zero attached hydrogens (tertiary/aromatic N) is 2. The Balaban J connectivity index is 1.58. The molecular formula is C37H45N3O6. The molecule has 244 valence electrons. The number of amides is 3. The van der Waals surface area contributed by atoms with Gasteiger partial charge in [-0.3, -0.25) is 14.4 Å². The summed E-state index contributed by atoms with van der Waals surface area (Å²) in [6, 6.07) is 24.0. The van der Waals surface area contributed by atoms with E-state index in [0.29, 0.717) is 24.3 Å². The summed E-state index contributed by atoms with van der Waals surface area (Å²) in [5.41, 5.74) is 3.11. The molecular weight excluding hydrogens is 582 g/mol. The van der Waals surface area contributed by atoms with Gasteiger partial charge >= 0.3 is 12.1 Å². The molecule has 0 fully saturated rings. The average Bonchev–Trinajstić information content (AvgIpc) is 3.12. The van der Waals surface area contributed by atoms with Crippen molar-refractivity contribution in [3.05, 3.63) is 101 Å². The lowest BCUT2D eigenvalue weighted by molar-refractivity contribution is -0.144. The number of carbonyl (C=O) groups excluding carboxylic acids is 4. The van der Waals surface area contributed by atoms with E-state index in [-0.39, 0.29) is 31.4 Å². The number of ether oxygens (including phenoxy) is 2. The van der Waals surface area contributed by atoms with Gasteiger partial charge in [-0.05, 0) is 75.8 Å². The van der Waals surface area contributed by atoms with Crippen LogP contribution >= 0.6 is 0 Å². The monoisotopic (exact) mass is 627 g/mol. The SMILES string of the molecule is CCOC(=O)CC(c1ccccc1)N1CC(=O)N(Cc2ccccc2)c2ccc(CCCCCNC(=O)OC(C)(C)C)cc2C1=O. The zero-order valence-electron chi connectivity index (χ0n) is 27.3. The number of benzene rings is 3. The largest absolute Gasteiger partial charge is 0.466 e. The lowest BCUT2D eigenvalue weighted by Crippen LogP contribution is -2.41. The summed E-state index contributed by atoms with van der Waals surface area (Å²) < 4.78 is 10.6. The van der Waals surface area contributed by atoms with Gasteiger partial charge in [-0.1, -0.05) is 73.2 Å². The van der Waals surface area contributed by atoms with Crippen LogP contribution in [0.15, 0.2) is 78.9 Å². The predicted octanol–water partition coefficient (Wildman–Crippen LogP) is 6.61. The highest BCUT2D eigenvalue weighted by Crippen LogP contribution is 2.34. The number of fused-ring (bicyclic) bond motifs is 1. The first kappa shape index (κ1) is 34.2. The Morgan fingerprint density at radius 2 is 1.59 bits per heavy atom. The molecule has 9 nitrogen and oxygen atoms in total. The minimum Gasteiger partial charge on any atom is -0.466 e. The Morgan fingerprint density at radius 1 is 0.891 bits per heavy atom. The third-order valence-electron chi connectivity index (χ3n) is 7.67. The van der Waals surface area contributed by atoms with E-state index in [1.54, 1.807) is 11.8 Å². The highest BCUT2D eigenvalue weighted by Gasteiger charge is 2.37. The van der Waals surface area contributed by atoms with Crippen molar-refractivity contribution in [3.63, 3.8) is 0 Å². The second kappa shape index (κ2) is 16.1. The number of hydrogen-bond donors (Lipinski definition) is 1. The van der Waals surface area contributed by atoms with Crippen molar-refractivity contribution in [2.75, 3.05) is 24.6 Å². The van der Waals surface area contributed by atoms with Crippen molar-refractivity contribution in [2.45, 2.75) is 78.0 Å². The first-order valence-electron chi connectivity index (χ1n) is 16.0. The average molecular weight is 628 g/mol. The molecule has 3 amide bonds. The maximum atomic E-state index is 14.4. The molecule has 1 heterocycles. The molecule has 3 aromatic carbocycles. The summed E-state index contributed by atoms with van der Waals surface area (Å²) in [7, 11) is 0. The van der Waals surface area contributed by atoms with Crippen LogP contribution in [0.4, 0.5) is 10.5 Å². The molecule has 46 heavy (non-hydrogen) atoms. The van der Waals surface area contributed by atoms with Gasteiger partial charge in [-0.15, -0.1) is 0 Å². The third kappa shape index (κ3) is 9.67. The summed E-state index contributed by atoms with van der Waals surface area (Å²) in [6.07, 6.45) is 2.76. The van der Waals surface area contributed by atoms with E-state index in [2.05, 4.69) is 5.32 Å². The van der Waals surface area contributed by atoms with Crippen molar-refractivity contribution in [1.82, 2.24) is 10.2 Å². The maximum Gasteiger partial charge on any atom is 0.407 e. The molecule has 1 unspecified atom stereocenters. The van der Waals surface area contributed by atoms with Gasteiger partial charge in [0, 0.05) is 6.54 Å². The molecule has 1 N–H and O–H groups in total. The van der Waals surface area contributed by atoms with Gasteiger partial charge in [-0.2, -0.15) is 0 Å². The van der Waals surface area contributed by atoms with Gasteiger partial charge in [-0.25, -0.2) is 4.79 Å². The van der Waals surface area contributed by atoms with Crippen LogP contribution in [0.3, 0.4) is 0 Å². The lowest BCUT2D eigenvalue weighted by Gasteiger charge is -2.30. The molecule has 0 aromatic heterocycles. The van der Waals surface area contributed by atoms with Crippen molar-refractivity contribution in [2.24, 2.45) is 0 Å². The normalized spacial score (nSPS) is 13.9. The van der Waals surface area contributed by atoms with Gasteiger partial charge in [0.15, 0.2) is 0 Å². The standard InChI is InChI=1S/C37H45N3O6/c1-5-45-34(42)24-32(29-18-12-7-13-19-29)40-26-33(41)39(25-28-16-9-6-10-17-28)31-21-20-27(23-30(31)35(40)43)15-11-8-14-22-38-36(44)46-37(2,3)4/h6-7,9-10,12-13,16-21,23,32H,5,8,11,14-15,22,24-26H2,1-4H3,(H,38,44). The molecule has 9 heteroatoms. The zero-order valence-corrected chi connectivity index (χ0v) is 27.3. The Hall–Kier alpha value is -4.66. The van der Waals surface area contributed by atoms with Gasteiger partial charge < -0.3 is 24.6 Å². The quantitative estimate of drug-likeness (QED) is 0.169. The van der Waals surface area contributed by atoms with E-state index >= 15 is 0 Å². The molecule has 0 saturated carbocycles. The number of unbranched alkanes of at least 4 members (excludes halogenated alkanes) is 2. The van der Waals surface area contributed by atoms with Crippen LogP contribution in [0.25, 0.3) is 0 Å². The fourth-order valence-electron chi connectivity index (χ4n) is 5.52. The number of rotatable bonds is 13. The predicted molar refractivity (Wildman–Crippen MR) is 177 cm³/mol.